The zero-order valence-electron chi connectivity index (χ0n) is 17.6. The minimum Gasteiger partial charge on any atom is -0.493 e. The number of nitrogens with one attached hydrogen (secondary N) is 2. The Morgan fingerprint density at radius 1 is 1.10 bits per heavy atom. The molecule has 0 unspecified atom stereocenters. The highest BCUT2D eigenvalue weighted by Gasteiger charge is 2.33. The molecule has 0 bridgehead atoms. The first-order valence-electron chi connectivity index (χ1n) is 9.15. The number of benzene rings is 1. The van der Waals surface area contributed by atoms with Crippen LogP contribution >= 0.6 is 35.3 Å². The van der Waals surface area contributed by atoms with Gasteiger partial charge in [-0.05, 0) is 19.1 Å². The van der Waals surface area contributed by atoms with Crippen molar-refractivity contribution in [3.63, 3.8) is 0 Å². The molecule has 1 aromatic carbocycles. The van der Waals surface area contributed by atoms with E-state index in [-0.39, 0.29) is 24.0 Å². The Labute approximate surface area is 200 Å². The summed E-state index contributed by atoms with van der Waals surface area (Å²) in [7, 11) is 4.61. The molecule has 0 radical (unpaired) electrons. The van der Waals surface area contributed by atoms with E-state index in [1.165, 1.54) is 14.2 Å². The molecule has 2 rings (SSSR count). The number of aromatic nitrogens is 1. The van der Waals surface area contributed by atoms with E-state index in [1.807, 2.05) is 13.0 Å². The summed E-state index contributed by atoms with van der Waals surface area (Å²) in [6, 6.07) is 3.61. The van der Waals surface area contributed by atoms with E-state index < -0.39 is 11.9 Å². The number of hydrogen-bond acceptors (Lipinski definition) is 6. The standard InChI is InChI=1S/C19H25F3N4O3S.HI/c1-5-23-18(24-9-8-15-26-14(11-30-15)19(20,21)22)25-10-12-6-7-13(27-2)17(29-4)16(12)28-3;/h6-7,11H,5,8-10H2,1-4H3,(H2,23,24,25);1H. The molecule has 0 spiro atoms. The second kappa shape index (κ2) is 12.8. The number of thiazole rings is 1. The molecular weight excluding hydrogens is 548 g/mol. The summed E-state index contributed by atoms with van der Waals surface area (Å²) in [6.45, 7) is 3.24. The van der Waals surface area contributed by atoms with Crippen LogP contribution in [0.4, 0.5) is 13.2 Å². The van der Waals surface area contributed by atoms with Gasteiger partial charge < -0.3 is 24.8 Å². The molecule has 7 nitrogen and oxygen atoms in total. The van der Waals surface area contributed by atoms with Gasteiger partial charge in [0.25, 0.3) is 0 Å². The van der Waals surface area contributed by atoms with Crippen LogP contribution in [0.1, 0.15) is 23.2 Å². The minimum absolute atomic E-state index is 0. The van der Waals surface area contributed by atoms with Gasteiger partial charge in [0, 0.05) is 30.5 Å². The van der Waals surface area contributed by atoms with Crippen molar-refractivity contribution >= 4 is 41.3 Å². The van der Waals surface area contributed by atoms with Gasteiger partial charge in [-0.25, -0.2) is 9.98 Å². The average Bonchev–Trinajstić information content (AvgIpc) is 3.20. The van der Waals surface area contributed by atoms with Crippen molar-refractivity contribution < 1.29 is 27.4 Å². The first-order chi connectivity index (χ1) is 14.3. The normalized spacial score (nSPS) is 11.5. The van der Waals surface area contributed by atoms with Gasteiger partial charge in [0.15, 0.2) is 23.2 Å². The number of hydrogen-bond donors (Lipinski definition) is 2. The van der Waals surface area contributed by atoms with Crippen molar-refractivity contribution in [3.8, 4) is 17.2 Å². The molecule has 0 aliphatic carbocycles. The molecule has 0 amide bonds. The molecule has 0 saturated carbocycles. The second-order valence-electron chi connectivity index (χ2n) is 5.99. The Hall–Kier alpha value is -1.96. The predicted octanol–water partition coefficient (Wildman–Crippen LogP) is 4.10. The van der Waals surface area contributed by atoms with Gasteiger partial charge in [0.05, 0.1) is 32.9 Å². The number of halogens is 4. The summed E-state index contributed by atoms with van der Waals surface area (Å²) in [6.07, 6.45) is -4.07. The van der Waals surface area contributed by atoms with E-state index in [4.69, 9.17) is 14.2 Å². The SMILES string of the molecule is CCNC(=NCc1ccc(OC)c(OC)c1OC)NCCc1nc(C(F)(F)F)cs1.I. The molecule has 0 aliphatic heterocycles. The zero-order chi connectivity index (χ0) is 22.1. The van der Waals surface area contributed by atoms with Crippen LogP contribution in [0.5, 0.6) is 17.2 Å². The van der Waals surface area contributed by atoms with E-state index >= 15 is 0 Å². The van der Waals surface area contributed by atoms with Crippen molar-refractivity contribution in [3.05, 3.63) is 33.8 Å². The first kappa shape index (κ1) is 27.1. The number of guanidine groups is 1. The maximum absolute atomic E-state index is 12.6. The second-order valence-corrected chi connectivity index (χ2v) is 6.93. The summed E-state index contributed by atoms with van der Waals surface area (Å²) in [5.74, 6) is 2.09. The molecule has 0 aliphatic rings. The van der Waals surface area contributed by atoms with E-state index in [0.29, 0.717) is 54.3 Å². The highest BCUT2D eigenvalue weighted by Crippen LogP contribution is 2.40. The molecule has 1 aromatic heterocycles. The van der Waals surface area contributed by atoms with Crippen LogP contribution in [0.2, 0.25) is 0 Å². The molecule has 1 heterocycles. The van der Waals surface area contributed by atoms with Gasteiger partial charge in [0.1, 0.15) is 0 Å². The number of rotatable bonds is 9. The fourth-order valence-corrected chi connectivity index (χ4v) is 3.44. The zero-order valence-corrected chi connectivity index (χ0v) is 20.8. The van der Waals surface area contributed by atoms with Crippen LogP contribution in [0.25, 0.3) is 0 Å². The quantitative estimate of drug-likeness (QED) is 0.267. The number of methoxy groups -OCH3 is 3. The third-order valence-electron chi connectivity index (χ3n) is 4.01. The van der Waals surface area contributed by atoms with Gasteiger partial charge in [0.2, 0.25) is 5.75 Å². The van der Waals surface area contributed by atoms with Crippen molar-refractivity contribution in [2.75, 3.05) is 34.4 Å². The van der Waals surface area contributed by atoms with Crippen LogP contribution in [0.15, 0.2) is 22.5 Å². The Kier molecular flexibility index (Phi) is 11.2. The van der Waals surface area contributed by atoms with E-state index in [9.17, 15) is 13.2 Å². The summed E-state index contributed by atoms with van der Waals surface area (Å²) >= 11 is 0.990. The Morgan fingerprint density at radius 2 is 1.81 bits per heavy atom. The Morgan fingerprint density at radius 3 is 2.35 bits per heavy atom. The number of nitrogens with zero attached hydrogens (tertiary/aromatic N) is 2. The minimum atomic E-state index is -4.42. The van der Waals surface area contributed by atoms with Crippen LogP contribution in [0.3, 0.4) is 0 Å². The maximum atomic E-state index is 12.6. The summed E-state index contributed by atoms with van der Waals surface area (Å²) < 4.78 is 54.1. The first-order valence-corrected chi connectivity index (χ1v) is 10.0. The fourth-order valence-electron chi connectivity index (χ4n) is 2.64. The average molecular weight is 574 g/mol. The Balaban J connectivity index is 0.00000480. The van der Waals surface area contributed by atoms with Crippen molar-refractivity contribution in [2.45, 2.75) is 26.1 Å². The topological polar surface area (TPSA) is 77.0 Å². The van der Waals surface area contributed by atoms with E-state index in [2.05, 4.69) is 20.6 Å². The molecule has 174 valence electrons. The lowest BCUT2D eigenvalue weighted by Crippen LogP contribution is -2.38. The van der Waals surface area contributed by atoms with Crippen LogP contribution in [0, 0.1) is 0 Å². The molecule has 31 heavy (non-hydrogen) atoms. The van der Waals surface area contributed by atoms with Crippen LogP contribution < -0.4 is 24.8 Å². The molecule has 0 fully saturated rings. The maximum Gasteiger partial charge on any atom is 0.434 e. The summed E-state index contributed by atoms with van der Waals surface area (Å²) in [5, 5.41) is 7.64. The van der Waals surface area contributed by atoms with Gasteiger partial charge in [-0.15, -0.1) is 35.3 Å². The number of aliphatic imine (C=N–C) groups is 1. The Bertz CT molecular complexity index is 862. The summed E-state index contributed by atoms with van der Waals surface area (Å²) in [5.41, 5.74) is -0.0642. The molecular formula is C19H26F3IN4O3S. The van der Waals surface area contributed by atoms with Gasteiger partial charge in [-0.1, -0.05) is 0 Å². The lowest BCUT2D eigenvalue weighted by atomic mass is 10.1. The predicted molar refractivity (Wildman–Crippen MR) is 125 cm³/mol. The lowest BCUT2D eigenvalue weighted by molar-refractivity contribution is -0.140. The third kappa shape index (κ3) is 7.59. The van der Waals surface area contributed by atoms with Crippen LogP contribution in [-0.2, 0) is 19.1 Å². The third-order valence-corrected chi connectivity index (χ3v) is 4.92. The smallest absolute Gasteiger partial charge is 0.434 e. The molecule has 0 atom stereocenters. The fraction of sp³-hybridized carbons (Fsp3) is 0.474. The van der Waals surface area contributed by atoms with E-state index in [1.54, 1.807) is 13.2 Å². The number of ether oxygens (including phenoxy) is 3. The van der Waals surface area contributed by atoms with E-state index in [0.717, 1.165) is 22.3 Å². The molecule has 2 aromatic rings. The van der Waals surface area contributed by atoms with Crippen LogP contribution in [-0.4, -0.2) is 45.4 Å². The monoisotopic (exact) mass is 574 g/mol. The van der Waals surface area contributed by atoms with Crippen molar-refractivity contribution in [2.24, 2.45) is 4.99 Å². The van der Waals surface area contributed by atoms with Crippen molar-refractivity contribution in [1.29, 1.82) is 0 Å². The van der Waals surface area contributed by atoms with Crippen molar-refractivity contribution in [1.82, 2.24) is 15.6 Å². The van der Waals surface area contributed by atoms with Gasteiger partial charge >= 0.3 is 6.18 Å². The lowest BCUT2D eigenvalue weighted by Gasteiger charge is -2.15. The largest absolute Gasteiger partial charge is 0.493 e. The molecule has 2 N–H and O–H groups in total. The molecule has 12 heteroatoms. The molecule has 0 saturated heterocycles. The summed E-state index contributed by atoms with van der Waals surface area (Å²) in [4.78, 5) is 8.15. The van der Waals surface area contributed by atoms with Gasteiger partial charge in [-0.3, -0.25) is 0 Å². The highest BCUT2D eigenvalue weighted by atomic mass is 127. The highest BCUT2D eigenvalue weighted by molar-refractivity contribution is 14.0. The van der Waals surface area contributed by atoms with Gasteiger partial charge in [-0.2, -0.15) is 13.2 Å². The number of alkyl halides is 3.